The molecule has 0 aliphatic carbocycles. The summed E-state index contributed by atoms with van der Waals surface area (Å²) in [7, 11) is 3.25. The van der Waals surface area contributed by atoms with Crippen LogP contribution >= 0.6 is 0 Å². The van der Waals surface area contributed by atoms with E-state index in [1.165, 1.54) is 0 Å². The predicted molar refractivity (Wildman–Crippen MR) is 109 cm³/mol. The van der Waals surface area contributed by atoms with Crippen molar-refractivity contribution in [1.82, 2.24) is 5.32 Å². The highest BCUT2D eigenvalue weighted by atomic mass is 16.5. The zero-order valence-corrected chi connectivity index (χ0v) is 16.9. The summed E-state index contributed by atoms with van der Waals surface area (Å²) in [6, 6.07) is 11.0. The number of benzene rings is 2. The van der Waals surface area contributed by atoms with Crippen LogP contribution in [0.3, 0.4) is 0 Å². The van der Waals surface area contributed by atoms with Gasteiger partial charge in [0.1, 0.15) is 22.8 Å². The molecular weight excluding hydrogens is 354 g/mol. The molecule has 1 atom stereocenters. The van der Waals surface area contributed by atoms with Crippen LogP contribution in [0.5, 0.6) is 17.2 Å². The number of hydrogen-bond donors (Lipinski definition) is 1. The van der Waals surface area contributed by atoms with Gasteiger partial charge in [-0.05, 0) is 56.2 Å². The molecule has 0 saturated carbocycles. The highest BCUT2D eigenvalue weighted by Crippen LogP contribution is 2.41. The van der Waals surface area contributed by atoms with Crippen LogP contribution in [0.25, 0.3) is 0 Å². The van der Waals surface area contributed by atoms with Gasteiger partial charge in [0.2, 0.25) is 0 Å². The second-order valence-electron chi connectivity index (χ2n) is 7.52. The van der Waals surface area contributed by atoms with E-state index in [1.807, 2.05) is 44.2 Å². The number of rotatable bonds is 6. The smallest absolute Gasteiger partial charge is 0.251 e. The van der Waals surface area contributed by atoms with Crippen LogP contribution in [0.2, 0.25) is 0 Å². The molecule has 28 heavy (non-hydrogen) atoms. The molecule has 5 nitrogen and oxygen atoms in total. The van der Waals surface area contributed by atoms with Crippen LogP contribution in [-0.2, 0) is 6.42 Å². The van der Waals surface area contributed by atoms with E-state index in [1.54, 1.807) is 26.4 Å². The van der Waals surface area contributed by atoms with Crippen molar-refractivity contribution in [3.05, 3.63) is 65.7 Å². The molecule has 2 aromatic rings. The zero-order valence-electron chi connectivity index (χ0n) is 16.9. The van der Waals surface area contributed by atoms with Crippen molar-refractivity contribution in [1.29, 1.82) is 0 Å². The summed E-state index contributed by atoms with van der Waals surface area (Å²) in [5.74, 6) is 2.09. The first-order chi connectivity index (χ1) is 13.4. The molecule has 1 amide bonds. The highest BCUT2D eigenvalue weighted by molar-refractivity contribution is 5.95. The normalized spacial score (nSPS) is 17.1. The van der Waals surface area contributed by atoms with Crippen molar-refractivity contribution in [2.24, 2.45) is 0 Å². The van der Waals surface area contributed by atoms with Crippen LogP contribution in [0, 0.1) is 0 Å². The molecule has 1 heterocycles. The minimum absolute atomic E-state index is 0.127. The van der Waals surface area contributed by atoms with Crippen molar-refractivity contribution in [2.45, 2.75) is 38.3 Å². The molecular formula is C23H27NO4. The molecule has 1 N–H and O–H groups in total. The number of hydrogen-bond acceptors (Lipinski definition) is 4. The van der Waals surface area contributed by atoms with Crippen molar-refractivity contribution < 1.29 is 19.0 Å². The summed E-state index contributed by atoms with van der Waals surface area (Å²) in [6.45, 7) is 7.81. The lowest BCUT2D eigenvalue weighted by Gasteiger charge is -2.38. The third-order valence-corrected chi connectivity index (χ3v) is 4.89. The number of nitrogens with one attached hydrogen (secondary N) is 1. The first-order valence-electron chi connectivity index (χ1n) is 9.32. The molecule has 0 fully saturated rings. The molecule has 0 unspecified atom stereocenters. The maximum atomic E-state index is 13.0. The number of carbonyl (C=O) groups is 1. The average Bonchev–Trinajstić information content (AvgIpc) is 2.66. The first-order valence-corrected chi connectivity index (χ1v) is 9.32. The van der Waals surface area contributed by atoms with Gasteiger partial charge < -0.3 is 19.5 Å². The summed E-state index contributed by atoms with van der Waals surface area (Å²) in [6.07, 6.45) is 3.11. The van der Waals surface area contributed by atoms with Gasteiger partial charge in [-0.3, -0.25) is 4.79 Å². The summed E-state index contributed by atoms with van der Waals surface area (Å²) in [4.78, 5) is 13.0. The molecule has 148 valence electrons. The quantitative estimate of drug-likeness (QED) is 0.751. The number of allylic oxidation sites excluding steroid dienone is 1. The van der Waals surface area contributed by atoms with Crippen LogP contribution in [0.4, 0.5) is 0 Å². The number of fused-ring (bicyclic) bond motifs is 1. The van der Waals surface area contributed by atoms with E-state index in [4.69, 9.17) is 14.2 Å². The second-order valence-corrected chi connectivity index (χ2v) is 7.52. The molecule has 0 radical (unpaired) electrons. The van der Waals surface area contributed by atoms with Gasteiger partial charge >= 0.3 is 0 Å². The van der Waals surface area contributed by atoms with Gasteiger partial charge in [0.15, 0.2) is 0 Å². The van der Waals surface area contributed by atoms with Crippen molar-refractivity contribution in [2.75, 3.05) is 14.2 Å². The number of ether oxygens (including phenoxy) is 3. The monoisotopic (exact) mass is 381 g/mol. The van der Waals surface area contributed by atoms with E-state index in [2.05, 4.69) is 11.9 Å². The molecule has 2 aromatic carbocycles. The molecule has 1 aliphatic rings. The Morgan fingerprint density at radius 1 is 1.25 bits per heavy atom. The van der Waals surface area contributed by atoms with Crippen molar-refractivity contribution >= 4 is 5.91 Å². The first kappa shape index (κ1) is 19.8. The Morgan fingerprint density at radius 3 is 2.71 bits per heavy atom. The van der Waals surface area contributed by atoms with Crippen LogP contribution < -0.4 is 19.5 Å². The van der Waals surface area contributed by atoms with Crippen LogP contribution in [0.1, 0.15) is 47.8 Å². The van der Waals surface area contributed by atoms with E-state index >= 15 is 0 Å². The van der Waals surface area contributed by atoms with Crippen molar-refractivity contribution in [3.8, 4) is 17.2 Å². The Morgan fingerprint density at radius 2 is 2.04 bits per heavy atom. The van der Waals surface area contributed by atoms with E-state index in [0.29, 0.717) is 18.4 Å². The minimum atomic E-state index is -0.398. The van der Waals surface area contributed by atoms with Gasteiger partial charge in [-0.25, -0.2) is 0 Å². The lowest BCUT2D eigenvalue weighted by Crippen LogP contribution is -2.41. The average molecular weight is 381 g/mol. The van der Waals surface area contributed by atoms with Gasteiger partial charge in [0.25, 0.3) is 5.91 Å². The highest BCUT2D eigenvalue weighted by Gasteiger charge is 2.35. The van der Waals surface area contributed by atoms with Gasteiger partial charge in [0.05, 0.1) is 20.3 Å². The fourth-order valence-electron chi connectivity index (χ4n) is 3.56. The minimum Gasteiger partial charge on any atom is -0.497 e. The van der Waals surface area contributed by atoms with Gasteiger partial charge in [-0.15, -0.1) is 6.58 Å². The van der Waals surface area contributed by atoms with Gasteiger partial charge in [-0.2, -0.15) is 0 Å². The number of methoxy groups -OCH3 is 2. The van der Waals surface area contributed by atoms with E-state index in [0.717, 1.165) is 28.4 Å². The zero-order chi connectivity index (χ0) is 20.3. The van der Waals surface area contributed by atoms with Crippen LogP contribution in [-0.4, -0.2) is 25.7 Å². The topological polar surface area (TPSA) is 56.8 Å². The lowest BCUT2D eigenvalue weighted by atomic mass is 9.89. The Kier molecular flexibility index (Phi) is 5.63. The summed E-state index contributed by atoms with van der Waals surface area (Å²) < 4.78 is 16.8. The summed E-state index contributed by atoms with van der Waals surface area (Å²) in [5, 5.41) is 3.16. The number of carbonyl (C=O) groups excluding carboxylic acids is 1. The maximum Gasteiger partial charge on any atom is 0.251 e. The third-order valence-electron chi connectivity index (χ3n) is 4.89. The molecule has 5 heteroatoms. The van der Waals surface area contributed by atoms with Gasteiger partial charge in [-0.1, -0.05) is 6.08 Å². The molecule has 3 rings (SSSR count). The largest absolute Gasteiger partial charge is 0.497 e. The van der Waals surface area contributed by atoms with E-state index < -0.39 is 5.60 Å². The van der Waals surface area contributed by atoms with E-state index in [-0.39, 0.29) is 11.9 Å². The summed E-state index contributed by atoms with van der Waals surface area (Å²) in [5.41, 5.74) is 2.08. The van der Waals surface area contributed by atoms with Crippen molar-refractivity contribution in [3.63, 3.8) is 0 Å². The number of amides is 1. The molecule has 0 spiro atoms. The maximum absolute atomic E-state index is 13.0. The summed E-state index contributed by atoms with van der Waals surface area (Å²) >= 11 is 0. The Labute approximate surface area is 166 Å². The Balaban J connectivity index is 1.88. The molecule has 0 aromatic heterocycles. The lowest BCUT2D eigenvalue weighted by molar-refractivity contribution is 0.0617. The van der Waals surface area contributed by atoms with Crippen LogP contribution in [0.15, 0.2) is 49.1 Å². The molecule has 1 aliphatic heterocycles. The second kappa shape index (κ2) is 7.97. The molecule has 0 saturated heterocycles. The van der Waals surface area contributed by atoms with E-state index in [9.17, 15) is 4.79 Å². The fourth-order valence-corrected chi connectivity index (χ4v) is 3.56. The Bertz CT molecular complexity index is 888. The Hall–Kier alpha value is -2.95. The fraction of sp³-hybridized carbons (Fsp3) is 0.348. The standard InChI is InChI=1S/C23H27NO4/c1-6-7-15-12-16(8-11-20(15)27-5)22(25)24-19-14-23(2,3)28-21-13-17(26-4)9-10-18(19)21/h6,8-13,19H,1,7,14H2,2-5H3,(H,24,25)/t19-/m1/s1. The molecule has 0 bridgehead atoms. The van der Waals surface area contributed by atoms with Gasteiger partial charge in [0, 0.05) is 23.6 Å². The predicted octanol–water partition coefficient (Wildman–Crippen LogP) is 4.46. The SMILES string of the molecule is C=CCc1cc(C(=O)N[C@@H]2CC(C)(C)Oc3cc(OC)ccc32)ccc1OC. The third kappa shape index (κ3) is 4.14.